The van der Waals surface area contributed by atoms with Gasteiger partial charge in [0.2, 0.25) is 0 Å². The monoisotopic (exact) mass is 236 g/mol. The van der Waals surface area contributed by atoms with E-state index >= 15 is 0 Å². The van der Waals surface area contributed by atoms with Crippen LogP contribution >= 0.6 is 0 Å². The van der Waals surface area contributed by atoms with E-state index in [9.17, 15) is 0 Å². The molecule has 1 aliphatic rings. The molecule has 0 amide bonds. The van der Waals surface area contributed by atoms with Crippen molar-refractivity contribution < 1.29 is 14.7 Å². The van der Waals surface area contributed by atoms with Crippen LogP contribution in [0.25, 0.3) is 0 Å². The average molecular weight is 236 g/mol. The molecule has 1 saturated heterocycles. The van der Waals surface area contributed by atoms with Gasteiger partial charge in [-0.3, -0.25) is 0 Å². The lowest BCUT2D eigenvalue weighted by Gasteiger charge is -2.23. The molecule has 17 heavy (non-hydrogen) atoms. The van der Waals surface area contributed by atoms with Gasteiger partial charge in [0.25, 0.3) is 0 Å². The second-order valence-corrected chi connectivity index (χ2v) is 3.94. The number of hydrogen-bond acceptors (Lipinski definition) is 4. The van der Waals surface area contributed by atoms with Gasteiger partial charge >= 0.3 is 0 Å². The van der Waals surface area contributed by atoms with E-state index in [0.29, 0.717) is 5.56 Å². The Morgan fingerprint density at radius 1 is 1.41 bits per heavy atom. The highest BCUT2D eigenvalue weighted by molar-refractivity contribution is 5.97. The van der Waals surface area contributed by atoms with Gasteiger partial charge in [0, 0.05) is 18.4 Å². The van der Waals surface area contributed by atoms with Crippen LogP contribution in [0.4, 0.5) is 0 Å². The molecule has 5 nitrogen and oxygen atoms in total. The van der Waals surface area contributed by atoms with Crippen LogP contribution in [-0.2, 0) is 4.74 Å². The Morgan fingerprint density at radius 2 is 2.18 bits per heavy atom. The third-order valence-electron chi connectivity index (χ3n) is 2.71. The third-order valence-corrected chi connectivity index (χ3v) is 2.71. The fraction of sp³-hybridized carbons (Fsp3) is 0.417. The van der Waals surface area contributed by atoms with Crippen LogP contribution in [0.1, 0.15) is 18.4 Å². The number of nitrogens with zero attached hydrogens (tertiary/aromatic N) is 1. The fourth-order valence-electron chi connectivity index (χ4n) is 1.77. The molecule has 92 valence electrons. The number of oxime groups is 1. The Hall–Kier alpha value is -1.75. The first-order valence-electron chi connectivity index (χ1n) is 5.62. The number of nitrogens with two attached hydrogens (primary N) is 1. The molecule has 5 heteroatoms. The number of amidine groups is 1. The number of ether oxygens (including phenoxy) is 2. The van der Waals surface area contributed by atoms with E-state index in [4.69, 9.17) is 20.4 Å². The van der Waals surface area contributed by atoms with E-state index < -0.39 is 0 Å². The van der Waals surface area contributed by atoms with Crippen molar-refractivity contribution in [1.29, 1.82) is 0 Å². The van der Waals surface area contributed by atoms with Crippen molar-refractivity contribution in [2.24, 2.45) is 10.9 Å². The number of benzene rings is 1. The van der Waals surface area contributed by atoms with Crippen LogP contribution in [0.15, 0.2) is 29.4 Å². The van der Waals surface area contributed by atoms with Crippen molar-refractivity contribution in [3.05, 3.63) is 29.8 Å². The summed E-state index contributed by atoms with van der Waals surface area (Å²) in [6, 6.07) is 7.22. The maximum Gasteiger partial charge on any atom is 0.170 e. The summed E-state index contributed by atoms with van der Waals surface area (Å²) in [5.74, 6) is 0.823. The Balaban J connectivity index is 2.05. The minimum atomic E-state index is 0.0856. The average Bonchev–Trinajstić information content (AvgIpc) is 2.39. The number of rotatable bonds is 3. The molecular weight excluding hydrogens is 220 g/mol. The fourth-order valence-corrected chi connectivity index (χ4v) is 1.77. The first kappa shape index (κ1) is 11.7. The van der Waals surface area contributed by atoms with Gasteiger partial charge in [0.15, 0.2) is 5.84 Å². The normalized spacial score (nSPS) is 18.0. The maximum absolute atomic E-state index is 8.61. The van der Waals surface area contributed by atoms with Gasteiger partial charge in [-0.05, 0) is 12.1 Å². The topological polar surface area (TPSA) is 77.1 Å². The molecule has 0 radical (unpaired) electrons. The van der Waals surface area contributed by atoms with Crippen molar-refractivity contribution in [2.45, 2.75) is 18.9 Å². The lowest BCUT2D eigenvalue weighted by atomic mass is 10.1. The molecule has 1 heterocycles. The summed E-state index contributed by atoms with van der Waals surface area (Å²) in [6.07, 6.45) is 1.98. The molecule has 0 aliphatic carbocycles. The summed E-state index contributed by atoms with van der Waals surface area (Å²) < 4.78 is 11.1. The summed E-state index contributed by atoms with van der Waals surface area (Å²) in [5.41, 5.74) is 6.17. The highest BCUT2D eigenvalue weighted by Gasteiger charge is 2.15. The largest absolute Gasteiger partial charge is 0.490 e. The van der Waals surface area contributed by atoms with E-state index in [1.807, 2.05) is 12.1 Å². The predicted molar refractivity (Wildman–Crippen MR) is 63.4 cm³/mol. The Bertz CT molecular complexity index is 400. The predicted octanol–water partition coefficient (Wildman–Crippen LogP) is 1.34. The lowest BCUT2D eigenvalue weighted by molar-refractivity contribution is 0.0255. The molecule has 3 N–H and O–H groups in total. The SMILES string of the molecule is NC(=NO)c1cccc(OC2CCOCC2)c1. The third kappa shape index (κ3) is 3.10. The standard InChI is InChI=1S/C12H16N2O3/c13-12(14-15)9-2-1-3-11(8-9)17-10-4-6-16-7-5-10/h1-3,8,10,15H,4-7H2,(H2,13,14). The van der Waals surface area contributed by atoms with Crippen molar-refractivity contribution >= 4 is 5.84 Å². The Morgan fingerprint density at radius 3 is 2.88 bits per heavy atom. The zero-order valence-electron chi connectivity index (χ0n) is 9.50. The van der Waals surface area contributed by atoms with Gasteiger partial charge in [-0.1, -0.05) is 17.3 Å². The van der Waals surface area contributed by atoms with Crippen LogP contribution in [0.3, 0.4) is 0 Å². The molecule has 0 atom stereocenters. The molecule has 0 spiro atoms. The second-order valence-electron chi connectivity index (χ2n) is 3.94. The molecule has 0 saturated carbocycles. The van der Waals surface area contributed by atoms with E-state index in [2.05, 4.69) is 5.16 Å². The minimum Gasteiger partial charge on any atom is -0.490 e. The summed E-state index contributed by atoms with van der Waals surface area (Å²) in [6.45, 7) is 1.48. The molecule has 0 aromatic heterocycles. The van der Waals surface area contributed by atoms with E-state index in [0.717, 1.165) is 31.8 Å². The van der Waals surface area contributed by atoms with Crippen molar-refractivity contribution in [1.82, 2.24) is 0 Å². The van der Waals surface area contributed by atoms with Gasteiger partial charge < -0.3 is 20.4 Å². The van der Waals surface area contributed by atoms with E-state index in [1.165, 1.54) is 0 Å². The first-order chi connectivity index (χ1) is 8.29. The molecular formula is C12H16N2O3. The summed E-state index contributed by atoms with van der Waals surface area (Å²) in [5, 5.41) is 11.6. The highest BCUT2D eigenvalue weighted by Crippen LogP contribution is 2.19. The lowest BCUT2D eigenvalue weighted by Crippen LogP contribution is -2.26. The summed E-state index contributed by atoms with van der Waals surface area (Å²) in [4.78, 5) is 0. The molecule has 1 aliphatic heterocycles. The summed E-state index contributed by atoms with van der Waals surface area (Å²) in [7, 11) is 0. The zero-order valence-corrected chi connectivity index (χ0v) is 9.50. The van der Waals surface area contributed by atoms with Gasteiger partial charge in [-0.2, -0.15) is 0 Å². The zero-order chi connectivity index (χ0) is 12.1. The van der Waals surface area contributed by atoms with E-state index in [1.54, 1.807) is 12.1 Å². The van der Waals surface area contributed by atoms with Crippen LogP contribution < -0.4 is 10.5 Å². The van der Waals surface area contributed by atoms with Gasteiger partial charge in [0.1, 0.15) is 11.9 Å². The van der Waals surface area contributed by atoms with Gasteiger partial charge in [0.05, 0.1) is 13.2 Å². The van der Waals surface area contributed by atoms with Crippen molar-refractivity contribution in [3.63, 3.8) is 0 Å². The summed E-state index contributed by atoms with van der Waals surface area (Å²) >= 11 is 0. The molecule has 0 unspecified atom stereocenters. The van der Waals surface area contributed by atoms with E-state index in [-0.39, 0.29) is 11.9 Å². The smallest absolute Gasteiger partial charge is 0.170 e. The van der Waals surface area contributed by atoms with Crippen LogP contribution in [0.5, 0.6) is 5.75 Å². The Labute approximate surface area is 99.8 Å². The maximum atomic E-state index is 8.61. The second kappa shape index (κ2) is 5.54. The van der Waals surface area contributed by atoms with Crippen molar-refractivity contribution in [3.8, 4) is 5.75 Å². The highest BCUT2D eigenvalue weighted by atomic mass is 16.5. The first-order valence-corrected chi connectivity index (χ1v) is 5.62. The Kier molecular flexibility index (Phi) is 3.82. The molecule has 1 aromatic carbocycles. The molecule has 1 fully saturated rings. The molecule has 0 bridgehead atoms. The van der Waals surface area contributed by atoms with Gasteiger partial charge in [-0.25, -0.2) is 0 Å². The minimum absolute atomic E-state index is 0.0856. The molecule has 2 rings (SSSR count). The number of hydrogen-bond donors (Lipinski definition) is 2. The van der Waals surface area contributed by atoms with Crippen molar-refractivity contribution in [2.75, 3.05) is 13.2 Å². The van der Waals surface area contributed by atoms with Crippen LogP contribution in [0.2, 0.25) is 0 Å². The molecule has 1 aromatic rings. The van der Waals surface area contributed by atoms with Gasteiger partial charge in [-0.15, -0.1) is 0 Å². The van der Waals surface area contributed by atoms with Crippen LogP contribution in [-0.4, -0.2) is 30.4 Å². The van der Waals surface area contributed by atoms with Crippen LogP contribution in [0, 0.1) is 0 Å². The quantitative estimate of drug-likeness (QED) is 0.359.